The number of hydrazone groups is 1. The highest BCUT2D eigenvalue weighted by Crippen LogP contribution is 2.17. The highest BCUT2D eigenvalue weighted by Gasteiger charge is 2.23. The van der Waals surface area contributed by atoms with Gasteiger partial charge >= 0.3 is 0 Å². The van der Waals surface area contributed by atoms with E-state index in [1.54, 1.807) is 23.4 Å². The predicted molar refractivity (Wildman–Crippen MR) is 84.9 cm³/mol. The molecule has 0 N–H and O–H groups in total. The summed E-state index contributed by atoms with van der Waals surface area (Å²) in [7, 11) is 3.73. The van der Waals surface area contributed by atoms with Crippen molar-refractivity contribution in [2.24, 2.45) is 5.10 Å². The molecule has 0 atom stereocenters. The summed E-state index contributed by atoms with van der Waals surface area (Å²) in [5, 5.41) is 5.67. The highest BCUT2D eigenvalue weighted by molar-refractivity contribution is 6.04. The lowest BCUT2D eigenvalue weighted by atomic mass is 10.1. The number of rotatable bonds is 3. The third-order valence-corrected chi connectivity index (χ3v) is 3.48. The second-order valence-corrected chi connectivity index (χ2v) is 5.40. The molecule has 0 saturated heterocycles. The Balaban J connectivity index is 1.79. The van der Waals surface area contributed by atoms with Crippen molar-refractivity contribution in [3.63, 3.8) is 0 Å². The molecule has 6 nitrogen and oxygen atoms in total. The van der Waals surface area contributed by atoms with Crippen molar-refractivity contribution in [2.75, 3.05) is 25.5 Å². The van der Waals surface area contributed by atoms with Crippen LogP contribution in [0.1, 0.15) is 22.3 Å². The van der Waals surface area contributed by atoms with Crippen molar-refractivity contribution in [3.05, 3.63) is 53.6 Å². The van der Waals surface area contributed by atoms with Crippen LogP contribution in [-0.4, -0.2) is 47.2 Å². The third kappa shape index (κ3) is 3.18. The number of carbonyl (C=O) groups is 1. The standard InChI is InChI=1S/C16H16FN5O/c1-21(2)16-18-9-12(10-19-16)14-6-7-22(20-14)15(23)11-4-3-5-13(17)8-11/h3-5,8-10H,6-7H2,1-2H3. The highest BCUT2D eigenvalue weighted by atomic mass is 19.1. The summed E-state index contributed by atoms with van der Waals surface area (Å²) < 4.78 is 13.2. The second-order valence-electron chi connectivity index (χ2n) is 5.40. The SMILES string of the molecule is CN(C)c1ncc(C2=NN(C(=O)c3cccc(F)c3)CC2)cn1. The van der Waals surface area contributed by atoms with E-state index in [9.17, 15) is 9.18 Å². The molecule has 2 aromatic rings. The van der Waals surface area contributed by atoms with Gasteiger partial charge in [0, 0.05) is 44.0 Å². The fourth-order valence-corrected chi connectivity index (χ4v) is 2.28. The van der Waals surface area contributed by atoms with Crippen molar-refractivity contribution in [1.82, 2.24) is 15.0 Å². The number of benzene rings is 1. The molecular weight excluding hydrogens is 297 g/mol. The van der Waals surface area contributed by atoms with Gasteiger partial charge in [-0.15, -0.1) is 0 Å². The van der Waals surface area contributed by atoms with E-state index in [-0.39, 0.29) is 11.5 Å². The van der Waals surface area contributed by atoms with E-state index < -0.39 is 5.82 Å². The third-order valence-electron chi connectivity index (χ3n) is 3.48. The molecule has 23 heavy (non-hydrogen) atoms. The Labute approximate surface area is 133 Å². The fourth-order valence-electron chi connectivity index (χ4n) is 2.28. The maximum absolute atomic E-state index is 13.2. The molecule has 0 saturated carbocycles. The van der Waals surface area contributed by atoms with E-state index in [1.165, 1.54) is 23.2 Å². The summed E-state index contributed by atoms with van der Waals surface area (Å²) in [5.41, 5.74) is 1.82. The van der Waals surface area contributed by atoms with Crippen molar-refractivity contribution in [3.8, 4) is 0 Å². The molecule has 3 rings (SSSR count). The first-order valence-electron chi connectivity index (χ1n) is 7.19. The maximum atomic E-state index is 13.2. The number of nitrogens with zero attached hydrogens (tertiary/aromatic N) is 5. The Morgan fingerprint density at radius 2 is 2.00 bits per heavy atom. The zero-order chi connectivity index (χ0) is 16.4. The largest absolute Gasteiger partial charge is 0.347 e. The molecule has 0 radical (unpaired) electrons. The number of halogens is 1. The molecule has 7 heteroatoms. The summed E-state index contributed by atoms with van der Waals surface area (Å²) in [6.45, 7) is 0.458. The van der Waals surface area contributed by atoms with Gasteiger partial charge in [-0.25, -0.2) is 19.4 Å². The first-order valence-corrected chi connectivity index (χ1v) is 7.19. The van der Waals surface area contributed by atoms with Crippen LogP contribution in [0.25, 0.3) is 0 Å². The molecule has 1 aromatic carbocycles. The Morgan fingerprint density at radius 1 is 1.26 bits per heavy atom. The molecule has 1 amide bonds. The lowest BCUT2D eigenvalue weighted by molar-refractivity contribution is 0.0778. The molecule has 1 aromatic heterocycles. The van der Waals surface area contributed by atoms with Gasteiger partial charge in [-0.05, 0) is 18.2 Å². The number of anilines is 1. The van der Waals surface area contributed by atoms with Crippen LogP contribution < -0.4 is 4.90 Å². The number of hydrogen-bond acceptors (Lipinski definition) is 5. The van der Waals surface area contributed by atoms with Gasteiger partial charge < -0.3 is 4.90 Å². The van der Waals surface area contributed by atoms with Crippen LogP contribution in [0.2, 0.25) is 0 Å². The summed E-state index contributed by atoms with van der Waals surface area (Å²) in [6.07, 6.45) is 4.00. The van der Waals surface area contributed by atoms with Gasteiger partial charge in [-0.2, -0.15) is 5.10 Å². The average Bonchev–Trinajstić information content (AvgIpc) is 3.04. The van der Waals surface area contributed by atoms with Gasteiger partial charge in [0.15, 0.2) is 0 Å². The quantitative estimate of drug-likeness (QED) is 0.869. The smallest absolute Gasteiger partial charge is 0.274 e. The van der Waals surface area contributed by atoms with Crippen LogP contribution in [0.4, 0.5) is 10.3 Å². The molecule has 0 unspecified atom stereocenters. The summed E-state index contributed by atoms with van der Waals surface area (Å²) >= 11 is 0. The second kappa shape index (κ2) is 6.12. The molecule has 2 heterocycles. The topological polar surface area (TPSA) is 61.7 Å². The molecule has 0 spiro atoms. The van der Waals surface area contributed by atoms with E-state index in [1.807, 2.05) is 14.1 Å². The average molecular weight is 313 g/mol. The molecule has 118 valence electrons. The van der Waals surface area contributed by atoms with Crippen LogP contribution in [-0.2, 0) is 0 Å². The first kappa shape index (κ1) is 15.1. The minimum Gasteiger partial charge on any atom is -0.347 e. The summed E-state index contributed by atoms with van der Waals surface area (Å²) in [5.74, 6) is -0.141. The van der Waals surface area contributed by atoms with Gasteiger partial charge in [0.25, 0.3) is 5.91 Å². The zero-order valence-corrected chi connectivity index (χ0v) is 12.9. The lowest BCUT2D eigenvalue weighted by Crippen LogP contribution is -2.23. The van der Waals surface area contributed by atoms with Crippen molar-refractivity contribution in [2.45, 2.75) is 6.42 Å². The Kier molecular flexibility index (Phi) is 4.01. The van der Waals surface area contributed by atoms with Crippen LogP contribution >= 0.6 is 0 Å². The molecule has 1 aliphatic heterocycles. The number of hydrogen-bond donors (Lipinski definition) is 0. The van der Waals surface area contributed by atoms with Gasteiger partial charge in [-0.3, -0.25) is 4.79 Å². The zero-order valence-electron chi connectivity index (χ0n) is 12.9. The minimum absolute atomic E-state index is 0.286. The minimum atomic E-state index is -0.438. The molecule has 0 bridgehead atoms. The fraction of sp³-hybridized carbons (Fsp3) is 0.250. The summed E-state index contributed by atoms with van der Waals surface area (Å²) in [6, 6.07) is 5.61. The van der Waals surface area contributed by atoms with E-state index in [2.05, 4.69) is 15.1 Å². The molecule has 0 fully saturated rings. The number of aromatic nitrogens is 2. The van der Waals surface area contributed by atoms with Crippen LogP contribution in [0.15, 0.2) is 41.8 Å². The molecule has 1 aliphatic rings. The predicted octanol–water partition coefficient (Wildman–Crippen LogP) is 1.93. The maximum Gasteiger partial charge on any atom is 0.274 e. The van der Waals surface area contributed by atoms with E-state index >= 15 is 0 Å². The monoisotopic (exact) mass is 313 g/mol. The van der Waals surface area contributed by atoms with Crippen LogP contribution in [0, 0.1) is 5.82 Å². The van der Waals surface area contributed by atoms with Gasteiger partial charge in [0.05, 0.1) is 12.3 Å². The Hall–Kier alpha value is -2.83. The van der Waals surface area contributed by atoms with Crippen LogP contribution in [0.5, 0.6) is 0 Å². The Morgan fingerprint density at radius 3 is 2.65 bits per heavy atom. The summed E-state index contributed by atoms with van der Waals surface area (Å²) in [4.78, 5) is 22.6. The van der Waals surface area contributed by atoms with E-state index in [4.69, 9.17) is 0 Å². The first-order chi connectivity index (χ1) is 11.0. The van der Waals surface area contributed by atoms with Crippen molar-refractivity contribution in [1.29, 1.82) is 0 Å². The van der Waals surface area contributed by atoms with Crippen molar-refractivity contribution < 1.29 is 9.18 Å². The number of amides is 1. The van der Waals surface area contributed by atoms with Gasteiger partial charge in [-0.1, -0.05) is 6.07 Å². The van der Waals surface area contributed by atoms with E-state index in [0.29, 0.717) is 18.9 Å². The number of carbonyl (C=O) groups excluding carboxylic acids is 1. The normalized spacial score (nSPS) is 13.9. The molecular formula is C16H16FN5O. The van der Waals surface area contributed by atoms with Gasteiger partial charge in [0.2, 0.25) is 5.95 Å². The van der Waals surface area contributed by atoms with Crippen LogP contribution in [0.3, 0.4) is 0 Å². The van der Waals surface area contributed by atoms with Crippen molar-refractivity contribution >= 4 is 17.6 Å². The molecule has 0 aliphatic carbocycles. The van der Waals surface area contributed by atoms with Gasteiger partial charge in [0.1, 0.15) is 5.82 Å². The lowest BCUT2D eigenvalue weighted by Gasteiger charge is -2.11. The Bertz CT molecular complexity index is 757. The van der Waals surface area contributed by atoms with E-state index in [0.717, 1.165) is 11.3 Å².